The van der Waals surface area contributed by atoms with Crippen LogP contribution >= 0.6 is 0 Å². The SMILES string of the molecule is C=CC(O)c1cccc(O)c1O. The van der Waals surface area contributed by atoms with Crippen molar-refractivity contribution in [2.45, 2.75) is 6.10 Å². The molecule has 12 heavy (non-hydrogen) atoms. The van der Waals surface area contributed by atoms with Crippen LogP contribution in [0.15, 0.2) is 30.9 Å². The summed E-state index contributed by atoms with van der Waals surface area (Å²) in [5, 5.41) is 27.5. The predicted octanol–water partition coefficient (Wildman–Crippen LogP) is 1.32. The van der Waals surface area contributed by atoms with E-state index in [0.717, 1.165) is 0 Å². The summed E-state index contributed by atoms with van der Waals surface area (Å²) in [6.45, 7) is 3.37. The largest absolute Gasteiger partial charge is 0.504 e. The Balaban J connectivity index is 3.15. The van der Waals surface area contributed by atoms with Crippen molar-refractivity contribution in [3.63, 3.8) is 0 Å². The first-order valence-electron chi connectivity index (χ1n) is 3.48. The van der Waals surface area contributed by atoms with E-state index in [2.05, 4.69) is 6.58 Å². The number of rotatable bonds is 2. The Hall–Kier alpha value is -1.48. The number of aliphatic hydroxyl groups excluding tert-OH is 1. The van der Waals surface area contributed by atoms with Crippen LogP contribution in [0.1, 0.15) is 11.7 Å². The number of para-hydroxylation sites is 1. The summed E-state index contributed by atoms with van der Waals surface area (Å²) in [5.41, 5.74) is 0.255. The molecule has 3 heteroatoms. The first-order chi connectivity index (χ1) is 5.66. The highest BCUT2D eigenvalue weighted by molar-refractivity contribution is 5.46. The molecule has 0 fully saturated rings. The third kappa shape index (κ3) is 1.40. The fraction of sp³-hybridized carbons (Fsp3) is 0.111. The van der Waals surface area contributed by atoms with Crippen LogP contribution in [0, 0.1) is 0 Å². The van der Waals surface area contributed by atoms with E-state index in [4.69, 9.17) is 5.11 Å². The first-order valence-corrected chi connectivity index (χ1v) is 3.48. The van der Waals surface area contributed by atoms with Gasteiger partial charge in [-0.2, -0.15) is 0 Å². The average molecular weight is 166 g/mol. The minimum Gasteiger partial charge on any atom is -0.504 e. The molecule has 0 aliphatic heterocycles. The number of phenols is 2. The van der Waals surface area contributed by atoms with Crippen molar-refractivity contribution in [2.24, 2.45) is 0 Å². The van der Waals surface area contributed by atoms with Crippen molar-refractivity contribution in [2.75, 3.05) is 0 Å². The van der Waals surface area contributed by atoms with E-state index < -0.39 is 6.10 Å². The highest BCUT2D eigenvalue weighted by Gasteiger charge is 2.10. The summed E-state index contributed by atoms with van der Waals surface area (Å²) >= 11 is 0. The molecule has 1 aromatic carbocycles. The van der Waals surface area contributed by atoms with Crippen molar-refractivity contribution >= 4 is 0 Å². The van der Waals surface area contributed by atoms with Gasteiger partial charge in [0.1, 0.15) is 6.10 Å². The van der Waals surface area contributed by atoms with Crippen LogP contribution in [0.25, 0.3) is 0 Å². The smallest absolute Gasteiger partial charge is 0.163 e. The van der Waals surface area contributed by atoms with Crippen molar-refractivity contribution < 1.29 is 15.3 Å². The van der Waals surface area contributed by atoms with E-state index >= 15 is 0 Å². The molecule has 0 amide bonds. The number of hydrogen-bond donors (Lipinski definition) is 3. The summed E-state index contributed by atoms with van der Waals surface area (Å²) in [5.74, 6) is -0.543. The van der Waals surface area contributed by atoms with Crippen LogP contribution in [0.2, 0.25) is 0 Å². The van der Waals surface area contributed by atoms with Gasteiger partial charge in [-0.15, -0.1) is 6.58 Å². The highest BCUT2D eigenvalue weighted by atomic mass is 16.3. The standard InChI is InChI=1S/C9H10O3/c1-2-7(10)6-4-3-5-8(11)9(6)12/h2-5,7,10-12H,1H2. The lowest BCUT2D eigenvalue weighted by Crippen LogP contribution is -1.92. The molecule has 0 bridgehead atoms. The van der Waals surface area contributed by atoms with Crippen molar-refractivity contribution in [1.82, 2.24) is 0 Å². The Kier molecular flexibility index (Phi) is 2.35. The molecule has 1 unspecified atom stereocenters. The van der Waals surface area contributed by atoms with Gasteiger partial charge in [0.15, 0.2) is 11.5 Å². The highest BCUT2D eigenvalue weighted by Crippen LogP contribution is 2.32. The second kappa shape index (κ2) is 3.28. The summed E-state index contributed by atoms with van der Waals surface area (Å²) in [6, 6.07) is 4.40. The minimum absolute atomic E-state index is 0.242. The lowest BCUT2D eigenvalue weighted by molar-refractivity contribution is 0.222. The molecule has 0 aliphatic carbocycles. The van der Waals surface area contributed by atoms with Gasteiger partial charge in [0.25, 0.3) is 0 Å². The number of phenolic OH excluding ortho intramolecular Hbond substituents is 2. The van der Waals surface area contributed by atoms with Gasteiger partial charge in [0, 0.05) is 5.56 Å². The van der Waals surface area contributed by atoms with Gasteiger partial charge < -0.3 is 15.3 Å². The molecule has 1 atom stereocenters. The van der Waals surface area contributed by atoms with E-state index in [-0.39, 0.29) is 17.1 Å². The maximum atomic E-state index is 9.25. The van der Waals surface area contributed by atoms with Crippen LogP contribution in [0.5, 0.6) is 11.5 Å². The lowest BCUT2D eigenvalue weighted by atomic mass is 10.1. The molecule has 3 N–H and O–H groups in total. The van der Waals surface area contributed by atoms with Gasteiger partial charge in [-0.05, 0) is 6.07 Å². The van der Waals surface area contributed by atoms with Gasteiger partial charge in [-0.1, -0.05) is 18.2 Å². The molecule has 0 spiro atoms. The van der Waals surface area contributed by atoms with E-state index in [1.807, 2.05) is 0 Å². The molecule has 64 valence electrons. The van der Waals surface area contributed by atoms with Crippen LogP contribution in [0.3, 0.4) is 0 Å². The van der Waals surface area contributed by atoms with E-state index in [1.165, 1.54) is 24.3 Å². The normalized spacial score (nSPS) is 12.4. The summed E-state index contributed by atoms with van der Waals surface area (Å²) < 4.78 is 0. The molecular weight excluding hydrogens is 156 g/mol. The molecule has 1 rings (SSSR count). The van der Waals surface area contributed by atoms with Crippen LogP contribution in [-0.2, 0) is 0 Å². The van der Waals surface area contributed by atoms with E-state index in [9.17, 15) is 10.2 Å². The van der Waals surface area contributed by atoms with Crippen LogP contribution < -0.4 is 0 Å². The second-order valence-corrected chi connectivity index (χ2v) is 2.40. The predicted molar refractivity (Wildman–Crippen MR) is 44.9 cm³/mol. The minimum atomic E-state index is -0.947. The summed E-state index contributed by atoms with van der Waals surface area (Å²) in [6.07, 6.45) is 0.325. The topological polar surface area (TPSA) is 60.7 Å². The second-order valence-electron chi connectivity index (χ2n) is 2.40. The molecule has 0 saturated heterocycles. The van der Waals surface area contributed by atoms with Gasteiger partial charge in [-0.3, -0.25) is 0 Å². The number of hydrogen-bond acceptors (Lipinski definition) is 3. The summed E-state index contributed by atoms with van der Waals surface area (Å²) in [7, 11) is 0. The molecule has 0 heterocycles. The van der Waals surface area contributed by atoms with Crippen molar-refractivity contribution in [3.8, 4) is 11.5 Å². The van der Waals surface area contributed by atoms with Crippen molar-refractivity contribution in [3.05, 3.63) is 36.4 Å². The van der Waals surface area contributed by atoms with Gasteiger partial charge in [-0.25, -0.2) is 0 Å². The number of aliphatic hydroxyl groups is 1. The van der Waals surface area contributed by atoms with Crippen LogP contribution in [-0.4, -0.2) is 15.3 Å². The summed E-state index contributed by atoms with van der Waals surface area (Å²) in [4.78, 5) is 0. The Bertz CT molecular complexity index is 294. The zero-order chi connectivity index (χ0) is 9.14. The van der Waals surface area contributed by atoms with Gasteiger partial charge in [0.05, 0.1) is 0 Å². The van der Waals surface area contributed by atoms with Crippen LogP contribution in [0.4, 0.5) is 0 Å². The Morgan fingerprint density at radius 1 is 1.33 bits per heavy atom. The zero-order valence-corrected chi connectivity index (χ0v) is 6.44. The Morgan fingerprint density at radius 2 is 2.00 bits per heavy atom. The van der Waals surface area contributed by atoms with Gasteiger partial charge >= 0.3 is 0 Å². The average Bonchev–Trinajstić information content (AvgIpc) is 2.08. The Labute approximate surface area is 70.2 Å². The van der Waals surface area contributed by atoms with E-state index in [0.29, 0.717) is 0 Å². The van der Waals surface area contributed by atoms with Crippen molar-refractivity contribution in [1.29, 1.82) is 0 Å². The number of benzene rings is 1. The fourth-order valence-electron chi connectivity index (χ4n) is 0.914. The zero-order valence-electron chi connectivity index (χ0n) is 6.44. The quantitative estimate of drug-likeness (QED) is 0.458. The molecule has 0 radical (unpaired) electrons. The fourth-order valence-corrected chi connectivity index (χ4v) is 0.914. The maximum Gasteiger partial charge on any atom is 0.163 e. The monoisotopic (exact) mass is 166 g/mol. The van der Waals surface area contributed by atoms with E-state index in [1.54, 1.807) is 0 Å². The Morgan fingerprint density at radius 3 is 2.58 bits per heavy atom. The third-order valence-corrected chi connectivity index (χ3v) is 1.59. The lowest BCUT2D eigenvalue weighted by Gasteiger charge is -2.08. The molecule has 0 saturated carbocycles. The third-order valence-electron chi connectivity index (χ3n) is 1.59. The molecule has 0 aliphatic rings. The molecule has 1 aromatic rings. The molecule has 3 nitrogen and oxygen atoms in total. The number of aromatic hydroxyl groups is 2. The maximum absolute atomic E-state index is 9.25. The first kappa shape index (κ1) is 8.62. The molecular formula is C9H10O3. The van der Waals surface area contributed by atoms with Gasteiger partial charge in [0.2, 0.25) is 0 Å². The molecule has 0 aromatic heterocycles.